The van der Waals surface area contributed by atoms with E-state index in [-0.39, 0.29) is 11.2 Å². The smallest absolute Gasteiger partial charge is 0.178 e. The van der Waals surface area contributed by atoms with E-state index in [0.29, 0.717) is 12.0 Å². The molecule has 1 aromatic carbocycles. The number of ether oxygens (including phenoxy) is 1. The standard InChI is InChI=1S/C20H25NO2.3C2H6/c1-12-8-13-14(15(11-21)18(22)19(2,3)4)10-20(5,6)16(13)9-17(12)23-7;3*1-2/h8-9H,10H2,1-7H3;3*1-2H3/b15-14+;;;. The van der Waals surface area contributed by atoms with Crippen LogP contribution >= 0.6 is 0 Å². The van der Waals surface area contributed by atoms with E-state index in [1.165, 1.54) is 0 Å². The molecule has 0 saturated carbocycles. The van der Waals surface area contributed by atoms with Crippen molar-refractivity contribution in [3.63, 3.8) is 0 Å². The van der Waals surface area contributed by atoms with Crippen molar-refractivity contribution in [2.45, 2.75) is 94.9 Å². The number of Topliss-reactive ketones (excluding diaryl/α,β-unsaturated/α-hetero) is 1. The van der Waals surface area contributed by atoms with E-state index in [4.69, 9.17) is 4.74 Å². The molecule has 2 rings (SSSR count). The van der Waals surface area contributed by atoms with E-state index in [1.807, 2.05) is 81.4 Å². The Hall–Kier alpha value is -2.08. The molecule has 0 saturated heterocycles. The van der Waals surface area contributed by atoms with Gasteiger partial charge in [-0.15, -0.1) is 0 Å². The van der Waals surface area contributed by atoms with Crippen molar-refractivity contribution >= 4 is 11.4 Å². The molecule has 164 valence electrons. The van der Waals surface area contributed by atoms with Crippen LogP contribution in [0.2, 0.25) is 0 Å². The first kappa shape index (κ1) is 29.1. The molecule has 0 radical (unpaired) electrons. The molecule has 0 bridgehead atoms. The number of rotatable bonds is 2. The third kappa shape index (κ3) is 6.74. The lowest BCUT2D eigenvalue weighted by molar-refractivity contribution is -0.122. The number of allylic oxidation sites excluding steroid dienone is 2. The van der Waals surface area contributed by atoms with Crippen LogP contribution in [0.3, 0.4) is 0 Å². The highest BCUT2D eigenvalue weighted by molar-refractivity contribution is 6.09. The summed E-state index contributed by atoms with van der Waals surface area (Å²) in [7, 11) is 1.66. The van der Waals surface area contributed by atoms with Crippen molar-refractivity contribution < 1.29 is 9.53 Å². The third-order valence-corrected chi connectivity index (χ3v) is 4.53. The number of fused-ring (bicyclic) bond motifs is 1. The lowest BCUT2D eigenvalue weighted by Crippen LogP contribution is -2.22. The number of methoxy groups -OCH3 is 1. The van der Waals surface area contributed by atoms with E-state index >= 15 is 0 Å². The first-order valence-corrected chi connectivity index (χ1v) is 10.9. The van der Waals surface area contributed by atoms with Gasteiger partial charge in [-0.1, -0.05) is 76.2 Å². The molecule has 0 aromatic heterocycles. The minimum atomic E-state index is -0.563. The Morgan fingerprint density at radius 1 is 1.07 bits per heavy atom. The minimum absolute atomic E-state index is 0.0906. The molecule has 0 N–H and O–H groups in total. The van der Waals surface area contributed by atoms with Gasteiger partial charge in [0.2, 0.25) is 0 Å². The quantitative estimate of drug-likeness (QED) is 0.377. The third-order valence-electron chi connectivity index (χ3n) is 4.53. The zero-order chi connectivity index (χ0) is 23.6. The zero-order valence-corrected chi connectivity index (χ0v) is 21.1. The predicted molar refractivity (Wildman–Crippen MR) is 126 cm³/mol. The van der Waals surface area contributed by atoms with Gasteiger partial charge in [-0.25, -0.2) is 0 Å². The summed E-state index contributed by atoms with van der Waals surface area (Å²) >= 11 is 0. The maximum Gasteiger partial charge on any atom is 0.178 e. The van der Waals surface area contributed by atoms with Gasteiger partial charge in [0.15, 0.2) is 5.78 Å². The van der Waals surface area contributed by atoms with Gasteiger partial charge in [0.05, 0.1) is 12.7 Å². The molecule has 3 nitrogen and oxygen atoms in total. The van der Waals surface area contributed by atoms with Crippen LogP contribution in [0.1, 0.15) is 99.3 Å². The normalized spacial score (nSPS) is 15.0. The summed E-state index contributed by atoms with van der Waals surface area (Å²) in [6.45, 7) is 23.8. The molecule has 1 aliphatic carbocycles. The van der Waals surface area contributed by atoms with Gasteiger partial charge in [-0.05, 0) is 53.2 Å². The van der Waals surface area contributed by atoms with Crippen LogP contribution in [0.25, 0.3) is 5.57 Å². The number of carbonyl (C=O) groups is 1. The fraction of sp³-hybridized carbons (Fsp3) is 0.615. The second-order valence-electron chi connectivity index (χ2n) is 7.97. The molecular formula is C26H43NO2. The molecule has 0 aliphatic heterocycles. The number of aryl methyl sites for hydroxylation is 1. The Bertz CT molecular complexity index is 741. The van der Waals surface area contributed by atoms with Crippen LogP contribution in [-0.2, 0) is 10.2 Å². The van der Waals surface area contributed by atoms with Crippen LogP contribution in [0, 0.1) is 23.7 Å². The Morgan fingerprint density at radius 3 is 1.93 bits per heavy atom. The number of nitrogens with zero attached hydrogens (tertiary/aromatic N) is 1. The highest BCUT2D eigenvalue weighted by atomic mass is 16.5. The molecule has 29 heavy (non-hydrogen) atoms. The summed E-state index contributed by atoms with van der Waals surface area (Å²) < 4.78 is 5.44. The lowest BCUT2D eigenvalue weighted by Gasteiger charge is -2.19. The summed E-state index contributed by atoms with van der Waals surface area (Å²) in [6.07, 6.45) is 0.694. The van der Waals surface area contributed by atoms with Crippen molar-refractivity contribution in [2.24, 2.45) is 5.41 Å². The van der Waals surface area contributed by atoms with E-state index in [0.717, 1.165) is 28.0 Å². The van der Waals surface area contributed by atoms with E-state index < -0.39 is 5.41 Å². The Morgan fingerprint density at radius 2 is 1.55 bits per heavy atom. The Labute approximate surface area is 180 Å². The van der Waals surface area contributed by atoms with Crippen molar-refractivity contribution in [2.75, 3.05) is 7.11 Å². The topological polar surface area (TPSA) is 50.1 Å². The molecule has 0 unspecified atom stereocenters. The van der Waals surface area contributed by atoms with Crippen LogP contribution in [-0.4, -0.2) is 12.9 Å². The minimum Gasteiger partial charge on any atom is -0.496 e. The summed E-state index contributed by atoms with van der Waals surface area (Å²) in [5.74, 6) is 0.755. The number of nitriles is 1. The van der Waals surface area contributed by atoms with Crippen molar-refractivity contribution in [3.05, 3.63) is 34.4 Å². The van der Waals surface area contributed by atoms with E-state index in [1.54, 1.807) is 7.11 Å². The molecule has 0 spiro atoms. The van der Waals surface area contributed by atoms with E-state index in [9.17, 15) is 10.1 Å². The Balaban J connectivity index is 0. The molecule has 0 atom stereocenters. The summed E-state index contributed by atoms with van der Waals surface area (Å²) in [5, 5.41) is 9.63. The van der Waals surface area contributed by atoms with Gasteiger partial charge in [0.25, 0.3) is 0 Å². The second-order valence-corrected chi connectivity index (χ2v) is 7.97. The van der Waals surface area contributed by atoms with E-state index in [2.05, 4.69) is 19.9 Å². The molecule has 0 fully saturated rings. The average Bonchev–Trinajstić information content (AvgIpc) is 2.95. The lowest BCUT2D eigenvalue weighted by atomic mass is 9.83. The molecule has 3 heteroatoms. The molecular weight excluding hydrogens is 358 g/mol. The fourth-order valence-corrected chi connectivity index (χ4v) is 3.20. The van der Waals surface area contributed by atoms with Crippen molar-refractivity contribution in [1.29, 1.82) is 5.26 Å². The molecule has 1 aromatic rings. The summed E-state index contributed by atoms with van der Waals surface area (Å²) in [6, 6.07) is 6.27. The Kier molecular flexibility index (Phi) is 12.5. The highest BCUT2D eigenvalue weighted by Gasteiger charge is 2.38. The maximum atomic E-state index is 12.7. The largest absolute Gasteiger partial charge is 0.496 e. The van der Waals surface area contributed by atoms with Gasteiger partial charge in [-0.2, -0.15) is 5.26 Å². The summed E-state index contributed by atoms with van der Waals surface area (Å²) in [4.78, 5) is 12.7. The maximum absolute atomic E-state index is 12.7. The number of benzene rings is 1. The SMILES string of the molecule is CC.CC.CC.COc1cc2c(cc1C)/C(=C(\C#N)C(=O)C(C)(C)C)CC2(C)C. The first-order chi connectivity index (χ1) is 13.5. The van der Waals surface area contributed by atoms with Crippen molar-refractivity contribution in [3.8, 4) is 11.8 Å². The van der Waals surface area contributed by atoms with Crippen LogP contribution in [0.15, 0.2) is 17.7 Å². The number of hydrogen-bond donors (Lipinski definition) is 0. The number of ketones is 1. The monoisotopic (exact) mass is 401 g/mol. The van der Waals surface area contributed by atoms with Gasteiger partial charge in [-0.3, -0.25) is 4.79 Å². The number of carbonyl (C=O) groups excluding carboxylic acids is 1. The van der Waals surface area contributed by atoms with Gasteiger partial charge < -0.3 is 4.74 Å². The molecule has 0 amide bonds. The average molecular weight is 402 g/mol. The summed E-state index contributed by atoms with van der Waals surface area (Å²) in [5.41, 5.74) is 3.67. The van der Waals surface area contributed by atoms with Crippen molar-refractivity contribution in [1.82, 2.24) is 0 Å². The molecule has 0 heterocycles. The van der Waals surface area contributed by atoms with Gasteiger partial charge >= 0.3 is 0 Å². The zero-order valence-electron chi connectivity index (χ0n) is 21.1. The highest BCUT2D eigenvalue weighted by Crippen LogP contribution is 2.49. The van der Waals surface area contributed by atoms with Crippen LogP contribution in [0.5, 0.6) is 5.75 Å². The number of hydrogen-bond acceptors (Lipinski definition) is 3. The van der Waals surface area contributed by atoms with Gasteiger partial charge in [0.1, 0.15) is 11.8 Å². The first-order valence-electron chi connectivity index (χ1n) is 10.9. The van der Waals surface area contributed by atoms with Crippen LogP contribution < -0.4 is 4.74 Å². The fourth-order valence-electron chi connectivity index (χ4n) is 3.20. The molecule has 1 aliphatic rings. The van der Waals surface area contributed by atoms with Crippen LogP contribution in [0.4, 0.5) is 0 Å². The van der Waals surface area contributed by atoms with Gasteiger partial charge in [0, 0.05) is 5.41 Å². The second kappa shape index (κ2) is 12.5. The predicted octanol–water partition coefficient (Wildman–Crippen LogP) is 7.66.